The molecule has 0 aromatic heterocycles. The predicted molar refractivity (Wildman–Crippen MR) is 62.9 cm³/mol. The van der Waals surface area contributed by atoms with Crippen LogP contribution in [0.15, 0.2) is 0 Å². The van der Waals surface area contributed by atoms with Crippen LogP contribution in [0.4, 0.5) is 0 Å². The van der Waals surface area contributed by atoms with E-state index < -0.39 is 16.9 Å². The van der Waals surface area contributed by atoms with Gasteiger partial charge in [0.2, 0.25) is 5.91 Å². The highest BCUT2D eigenvalue weighted by Crippen LogP contribution is 2.19. The number of amides is 1. The van der Waals surface area contributed by atoms with Crippen LogP contribution < -0.4 is 5.32 Å². The van der Waals surface area contributed by atoms with Gasteiger partial charge in [-0.1, -0.05) is 34.1 Å². The molecule has 0 aliphatic rings. The van der Waals surface area contributed by atoms with Crippen molar-refractivity contribution in [2.45, 2.75) is 53.0 Å². The van der Waals surface area contributed by atoms with Crippen LogP contribution >= 0.6 is 0 Å². The molecule has 0 aromatic rings. The Labute approximate surface area is 97.7 Å². The molecule has 94 valence electrons. The molecule has 0 rings (SSSR count). The number of carbonyl (C=O) groups is 2. The lowest BCUT2D eigenvalue weighted by molar-refractivity contribution is -0.151. The van der Waals surface area contributed by atoms with Crippen molar-refractivity contribution in [1.82, 2.24) is 5.32 Å². The fourth-order valence-corrected chi connectivity index (χ4v) is 1.38. The van der Waals surface area contributed by atoms with Crippen LogP contribution in [0.2, 0.25) is 0 Å². The number of ether oxygens (including phenoxy) is 1. The van der Waals surface area contributed by atoms with Crippen LogP contribution in [0.3, 0.4) is 0 Å². The molecular formula is C12H23NO3. The summed E-state index contributed by atoms with van der Waals surface area (Å²) in [7, 11) is 1.33. The maximum absolute atomic E-state index is 11.9. The third kappa shape index (κ3) is 3.83. The van der Waals surface area contributed by atoms with E-state index in [-0.39, 0.29) is 5.91 Å². The molecule has 0 saturated heterocycles. The van der Waals surface area contributed by atoms with Crippen LogP contribution in [0, 0.1) is 5.41 Å². The summed E-state index contributed by atoms with van der Waals surface area (Å²) in [5.74, 6) is -0.541. The van der Waals surface area contributed by atoms with Gasteiger partial charge in [-0.15, -0.1) is 0 Å². The minimum absolute atomic E-state index is 0.145. The van der Waals surface area contributed by atoms with Crippen molar-refractivity contribution in [3.05, 3.63) is 0 Å². The normalized spacial score (nSPS) is 15.1. The highest BCUT2D eigenvalue weighted by molar-refractivity contribution is 5.89. The SMILES string of the molecule is CCCC(C)(NC(=O)C(C)(C)C)C(=O)OC. The molecule has 0 fully saturated rings. The average Bonchev–Trinajstić information content (AvgIpc) is 2.15. The molecule has 0 radical (unpaired) electrons. The van der Waals surface area contributed by atoms with E-state index in [4.69, 9.17) is 4.74 Å². The minimum atomic E-state index is -0.923. The largest absolute Gasteiger partial charge is 0.467 e. The second-order valence-electron chi connectivity index (χ2n) is 5.28. The van der Waals surface area contributed by atoms with Crippen molar-refractivity contribution in [3.63, 3.8) is 0 Å². The molecule has 1 amide bonds. The van der Waals surface area contributed by atoms with Crippen molar-refractivity contribution >= 4 is 11.9 Å². The van der Waals surface area contributed by atoms with E-state index in [0.29, 0.717) is 6.42 Å². The molecule has 0 aliphatic heterocycles. The smallest absolute Gasteiger partial charge is 0.331 e. The van der Waals surface area contributed by atoms with Crippen LogP contribution in [-0.2, 0) is 14.3 Å². The summed E-state index contributed by atoms with van der Waals surface area (Å²) < 4.78 is 4.73. The van der Waals surface area contributed by atoms with Crippen LogP contribution in [-0.4, -0.2) is 24.5 Å². The lowest BCUT2D eigenvalue weighted by Gasteiger charge is -2.31. The Morgan fingerprint density at radius 2 is 1.69 bits per heavy atom. The third-order valence-electron chi connectivity index (χ3n) is 2.46. The van der Waals surface area contributed by atoms with E-state index in [0.717, 1.165) is 6.42 Å². The van der Waals surface area contributed by atoms with E-state index in [1.165, 1.54) is 7.11 Å². The van der Waals surface area contributed by atoms with Gasteiger partial charge in [0.15, 0.2) is 0 Å². The van der Waals surface area contributed by atoms with Crippen molar-refractivity contribution in [2.24, 2.45) is 5.41 Å². The molecule has 0 saturated carbocycles. The summed E-state index contributed by atoms with van der Waals surface area (Å²) in [4.78, 5) is 23.5. The lowest BCUT2D eigenvalue weighted by atomic mass is 9.90. The zero-order valence-corrected chi connectivity index (χ0v) is 11.1. The number of hydrogen-bond donors (Lipinski definition) is 1. The standard InChI is InChI=1S/C12H23NO3/c1-7-8-12(5,10(15)16-6)13-9(14)11(2,3)4/h7-8H2,1-6H3,(H,13,14). The van der Waals surface area contributed by atoms with Crippen molar-refractivity contribution in [1.29, 1.82) is 0 Å². The third-order valence-corrected chi connectivity index (χ3v) is 2.46. The molecule has 1 atom stereocenters. The molecule has 1 N–H and O–H groups in total. The van der Waals surface area contributed by atoms with Crippen LogP contribution in [0.1, 0.15) is 47.5 Å². The molecular weight excluding hydrogens is 206 g/mol. The fourth-order valence-electron chi connectivity index (χ4n) is 1.38. The van der Waals surface area contributed by atoms with E-state index >= 15 is 0 Å². The first-order valence-corrected chi connectivity index (χ1v) is 5.58. The highest BCUT2D eigenvalue weighted by Gasteiger charge is 2.37. The number of rotatable bonds is 4. The Balaban J connectivity index is 4.82. The molecule has 4 heteroatoms. The van der Waals surface area contributed by atoms with Crippen molar-refractivity contribution in [3.8, 4) is 0 Å². The van der Waals surface area contributed by atoms with Gasteiger partial charge in [-0.05, 0) is 13.3 Å². The first-order chi connectivity index (χ1) is 7.17. The van der Waals surface area contributed by atoms with Gasteiger partial charge in [-0.2, -0.15) is 0 Å². The van der Waals surface area contributed by atoms with E-state index in [9.17, 15) is 9.59 Å². The molecule has 0 aromatic carbocycles. The van der Waals surface area contributed by atoms with Crippen LogP contribution in [0.25, 0.3) is 0 Å². The predicted octanol–water partition coefficient (Wildman–Crippen LogP) is 1.88. The summed E-state index contributed by atoms with van der Waals surface area (Å²) in [6, 6.07) is 0. The van der Waals surface area contributed by atoms with Gasteiger partial charge in [0.05, 0.1) is 7.11 Å². The van der Waals surface area contributed by atoms with E-state index in [1.54, 1.807) is 6.92 Å². The number of nitrogens with one attached hydrogen (secondary N) is 1. The maximum Gasteiger partial charge on any atom is 0.331 e. The van der Waals surface area contributed by atoms with Gasteiger partial charge < -0.3 is 10.1 Å². The Morgan fingerprint density at radius 3 is 2.00 bits per heavy atom. The quantitative estimate of drug-likeness (QED) is 0.749. The number of carbonyl (C=O) groups excluding carboxylic acids is 2. The molecule has 16 heavy (non-hydrogen) atoms. The fraction of sp³-hybridized carbons (Fsp3) is 0.833. The summed E-state index contributed by atoms with van der Waals surface area (Å²) in [5, 5.41) is 2.77. The molecule has 0 aliphatic carbocycles. The zero-order chi connectivity index (χ0) is 13.0. The summed E-state index contributed by atoms with van der Waals surface area (Å²) in [6.45, 7) is 9.10. The first kappa shape index (κ1) is 14.9. The van der Waals surface area contributed by atoms with E-state index in [2.05, 4.69) is 5.32 Å². The van der Waals surface area contributed by atoms with E-state index in [1.807, 2.05) is 27.7 Å². The summed E-state index contributed by atoms with van der Waals surface area (Å²) >= 11 is 0. The van der Waals surface area contributed by atoms with Crippen LogP contribution in [0.5, 0.6) is 0 Å². The zero-order valence-electron chi connectivity index (χ0n) is 11.1. The van der Waals surface area contributed by atoms with Gasteiger partial charge in [-0.3, -0.25) is 4.79 Å². The Hall–Kier alpha value is -1.06. The first-order valence-electron chi connectivity index (χ1n) is 5.58. The second kappa shape index (κ2) is 5.32. The summed E-state index contributed by atoms with van der Waals surface area (Å²) in [5.41, 5.74) is -1.43. The monoisotopic (exact) mass is 229 g/mol. The topological polar surface area (TPSA) is 55.4 Å². The highest BCUT2D eigenvalue weighted by atomic mass is 16.5. The molecule has 1 unspecified atom stereocenters. The minimum Gasteiger partial charge on any atom is -0.467 e. The van der Waals surface area contributed by atoms with Gasteiger partial charge >= 0.3 is 5.97 Å². The van der Waals surface area contributed by atoms with Gasteiger partial charge in [0, 0.05) is 5.41 Å². The summed E-state index contributed by atoms with van der Waals surface area (Å²) in [6.07, 6.45) is 1.37. The second-order valence-corrected chi connectivity index (χ2v) is 5.28. The van der Waals surface area contributed by atoms with Crippen molar-refractivity contribution < 1.29 is 14.3 Å². The van der Waals surface area contributed by atoms with Gasteiger partial charge in [0.1, 0.15) is 5.54 Å². The number of esters is 1. The Bertz CT molecular complexity index is 268. The lowest BCUT2D eigenvalue weighted by Crippen LogP contribution is -2.55. The number of hydrogen-bond acceptors (Lipinski definition) is 3. The maximum atomic E-state index is 11.9. The van der Waals surface area contributed by atoms with Gasteiger partial charge in [0.25, 0.3) is 0 Å². The molecule has 4 nitrogen and oxygen atoms in total. The Morgan fingerprint density at radius 1 is 1.19 bits per heavy atom. The average molecular weight is 229 g/mol. The number of methoxy groups -OCH3 is 1. The van der Waals surface area contributed by atoms with Crippen molar-refractivity contribution in [2.75, 3.05) is 7.11 Å². The van der Waals surface area contributed by atoms with Gasteiger partial charge in [-0.25, -0.2) is 4.79 Å². The molecule has 0 spiro atoms. The molecule has 0 heterocycles. The molecule has 0 bridgehead atoms. The Kier molecular flexibility index (Phi) is 4.97.